The Morgan fingerprint density at radius 1 is 1.13 bits per heavy atom. The van der Waals surface area contributed by atoms with Gasteiger partial charge in [0.1, 0.15) is 0 Å². The summed E-state index contributed by atoms with van der Waals surface area (Å²) in [5.74, 6) is -0.336. The van der Waals surface area contributed by atoms with Crippen LogP contribution in [0.2, 0.25) is 0 Å². The molecule has 0 aromatic rings. The highest BCUT2D eigenvalue weighted by Gasteiger charge is 2.30. The van der Waals surface area contributed by atoms with E-state index in [0.29, 0.717) is 32.8 Å². The lowest BCUT2D eigenvalue weighted by molar-refractivity contribution is -0.121. The number of morpholine rings is 1. The highest BCUT2D eigenvalue weighted by Crippen LogP contribution is 2.20. The number of carbonyl (C=O) groups excluding carboxylic acids is 1. The molecule has 0 aromatic heterocycles. The fourth-order valence-electron chi connectivity index (χ4n) is 3.01. The lowest BCUT2D eigenvalue weighted by atomic mass is 10.0. The number of amides is 1. The van der Waals surface area contributed by atoms with Crippen LogP contribution in [0.3, 0.4) is 0 Å². The largest absolute Gasteiger partial charge is 0.379 e. The SMILES string of the molecule is CC(C)(CNC(=O)CCS(=O)(=O)N1CCOCC1)N1CCCC1. The average molecular weight is 347 g/mol. The van der Waals surface area contributed by atoms with Crippen LogP contribution in [-0.4, -0.2) is 80.8 Å². The summed E-state index contributed by atoms with van der Waals surface area (Å²) in [6.07, 6.45) is 2.42. The van der Waals surface area contributed by atoms with E-state index in [1.807, 2.05) is 0 Å². The molecule has 0 bridgehead atoms. The summed E-state index contributed by atoms with van der Waals surface area (Å²) in [6, 6.07) is 0. The van der Waals surface area contributed by atoms with Gasteiger partial charge in [0, 0.05) is 31.6 Å². The van der Waals surface area contributed by atoms with Crippen LogP contribution in [0.15, 0.2) is 0 Å². The molecule has 0 aromatic carbocycles. The van der Waals surface area contributed by atoms with Gasteiger partial charge >= 0.3 is 0 Å². The smallest absolute Gasteiger partial charge is 0.221 e. The molecule has 2 heterocycles. The molecule has 8 heteroatoms. The Hall–Kier alpha value is -0.700. The standard InChI is InChI=1S/C15H29N3O4S/c1-15(2,17-6-3-4-7-17)13-16-14(19)5-12-23(20,21)18-8-10-22-11-9-18/h3-13H2,1-2H3,(H,16,19). The van der Waals surface area contributed by atoms with Gasteiger partial charge in [0.25, 0.3) is 0 Å². The highest BCUT2D eigenvalue weighted by atomic mass is 32.2. The van der Waals surface area contributed by atoms with E-state index in [0.717, 1.165) is 13.1 Å². The van der Waals surface area contributed by atoms with Crippen molar-refractivity contribution in [2.75, 3.05) is 51.7 Å². The number of nitrogens with zero attached hydrogens (tertiary/aromatic N) is 2. The van der Waals surface area contributed by atoms with Gasteiger partial charge in [-0.25, -0.2) is 8.42 Å². The second kappa shape index (κ2) is 7.92. The predicted octanol–water partition coefficient (Wildman–Crippen LogP) is 0.0291. The van der Waals surface area contributed by atoms with Crippen LogP contribution in [0, 0.1) is 0 Å². The zero-order valence-electron chi connectivity index (χ0n) is 14.2. The monoisotopic (exact) mass is 347 g/mol. The first-order valence-corrected chi connectivity index (χ1v) is 9.99. The molecule has 0 unspecified atom stereocenters. The molecule has 0 spiro atoms. The molecule has 1 N–H and O–H groups in total. The summed E-state index contributed by atoms with van der Waals surface area (Å²) in [6.45, 7) is 8.51. The Balaban J connectivity index is 1.74. The third kappa shape index (κ3) is 5.41. The fraction of sp³-hybridized carbons (Fsp3) is 0.933. The Morgan fingerprint density at radius 2 is 1.74 bits per heavy atom. The quantitative estimate of drug-likeness (QED) is 0.703. The number of carbonyl (C=O) groups is 1. The van der Waals surface area contributed by atoms with Crippen LogP contribution in [0.1, 0.15) is 33.1 Å². The van der Waals surface area contributed by atoms with E-state index in [-0.39, 0.29) is 23.6 Å². The molecule has 0 atom stereocenters. The summed E-state index contributed by atoms with van der Waals surface area (Å²) >= 11 is 0. The summed E-state index contributed by atoms with van der Waals surface area (Å²) in [4.78, 5) is 14.4. The second-order valence-corrected chi connectivity index (χ2v) is 8.95. The van der Waals surface area contributed by atoms with Crippen molar-refractivity contribution in [3.8, 4) is 0 Å². The van der Waals surface area contributed by atoms with Crippen molar-refractivity contribution in [1.29, 1.82) is 0 Å². The van der Waals surface area contributed by atoms with E-state index < -0.39 is 10.0 Å². The molecule has 2 aliphatic rings. The van der Waals surface area contributed by atoms with Gasteiger partial charge < -0.3 is 10.1 Å². The minimum atomic E-state index is -3.37. The second-order valence-electron chi connectivity index (χ2n) is 6.86. The Labute approximate surface area is 139 Å². The van der Waals surface area contributed by atoms with Crippen LogP contribution in [0.25, 0.3) is 0 Å². The zero-order chi connectivity index (χ0) is 16.9. The number of rotatable bonds is 7. The van der Waals surface area contributed by atoms with Crippen molar-refractivity contribution >= 4 is 15.9 Å². The maximum atomic E-state index is 12.2. The van der Waals surface area contributed by atoms with Crippen molar-refractivity contribution in [2.24, 2.45) is 0 Å². The van der Waals surface area contributed by atoms with Crippen LogP contribution < -0.4 is 5.32 Å². The first kappa shape index (κ1) is 18.6. The van der Waals surface area contributed by atoms with Gasteiger partial charge in [0.2, 0.25) is 15.9 Å². The molecule has 23 heavy (non-hydrogen) atoms. The normalized spacial score (nSPS) is 21.5. The minimum Gasteiger partial charge on any atom is -0.379 e. The molecule has 134 valence electrons. The van der Waals surface area contributed by atoms with E-state index in [1.165, 1.54) is 17.1 Å². The molecule has 0 radical (unpaired) electrons. The molecule has 1 amide bonds. The fourth-order valence-corrected chi connectivity index (χ4v) is 4.42. The van der Waals surface area contributed by atoms with Crippen molar-refractivity contribution in [3.63, 3.8) is 0 Å². The minimum absolute atomic E-state index is 0.00969. The summed E-state index contributed by atoms with van der Waals surface area (Å²) in [5, 5.41) is 2.89. The van der Waals surface area contributed by atoms with E-state index in [4.69, 9.17) is 4.74 Å². The number of nitrogens with one attached hydrogen (secondary N) is 1. The molecule has 2 aliphatic heterocycles. The van der Waals surface area contributed by atoms with Gasteiger partial charge in [-0.3, -0.25) is 9.69 Å². The molecule has 2 rings (SSSR count). The van der Waals surface area contributed by atoms with Crippen LogP contribution in [-0.2, 0) is 19.6 Å². The number of hydrogen-bond acceptors (Lipinski definition) is 5. The number of likely N-dealkylation sites (tertiary alicyclic amines) is 1. The van der Waals surface area contributed by atoms with Gasteiger partial charge in [-0.15, -0.1) is 0 Å². The van der Waals surface area contributed by atoms with Crippen molar-refractivity contribution < 1.29 is 17.9 Å². The lowest BCUT2D eigenvalue weighted by Gasteiger charge is -2.35. The molecular weight excluding hydrogens is 318 g/mol. The van der Waals surface area contributed by atoms with Gasteiger partial charge in [0.05, 0.1) is 19.0 Å². The van der Waals surface area contributed by atoms with E-state index in [9.17, 15) is 13.2 Å². The summed E-state index contributed by atoms with van der Waals surface area (Å²) < 4.78 is 30.9. The molecule has 2 fully saturated rings. The molecular formula is C15H29N3O4S. The van der Waals surface area contributed by atoms with Gasteiger partial charge in [-0.1, -0.05) is 0 Å². The first-order chi connectivity index (χ1) is 10.8. The Kier molecular flexibility index (Phi) is 6.41. The maximum Gasteiger partial charge on any atom is 0.221 e. The zero-order valence-corrected chi connectivity index (χ0v) is 15.0. The van der Waals surface area contributed by atoms with Crippen molar-refractivity contribution in [1.82, 2.24) is 14.5 Å². The van der Waals surface area contributed by atoms with Crippen LogP contribution in [0.4, 0.5) is 0 Å². The molecule has 2 saturated heterocycles. The average Bonchev–Trinajstić information content (AvgIpc) is 3.07. The molecule has 0 aliphatic carbocycles. The maximum absolute atomic E-state index is 12.2. The van der Waals surface area contributed by atoms with Crippen molar-refractivity contribution in [2.45, 2.75) is 38.6 Å². The van der Waals surface area contributed by atoms with Gasteiger partial charge in [-0.2, -0.15) is 4.31 Å². The van der Waals surface area contributed by atoms with E-state index in [2.05, 4.69) is 24.1 Å². The van der Waals surface area contributed by atoms with E-state index in [1.54, 1.807) is 0 Å². The first-order valence-electron chi connectivity index (χ1n) is 8.39. The molecule has 0 saturated carbocycles. The van der Waals surface area contributed by atoms with Gasteiger partial charge in [-0.05, 0) is 39.8 Å². The number of ether oxygens (including phenoxy) is 1. The predicted molar refractivity (Wildman–Crippen MR) is 88.7 cm³/mol. The summed E-state index contributed by atoms with van der Waals surface area (Å²) in [5.41, 5.74) is -0.0881. The number of sulfonamides is 1. The van der Waals surface area contributed by atoms with Crippen LogP contribution in [0.5, 0.6) is 0 Å². The third-order valence-corrected chi connectivity index (χ3v) is 6.50. The van der Waals surface area contributed by atoms with Crippen molar-refractivity contribution in [3.05, 3.63) is 0 Å². The van der Waals surface area contributed by atoms with Gasteiger partial charge in [0.15, 0.2) is 0 Å². The Bertz CT molecular complexity index is 495. The third-order valence-electron chi connectivity index (χ3n) is 4.63. The highest BCUT2D eigenvalue weighted by molar-refractivity contribution is 7.89. The van der Waals surface area contributed by atoms with E-state index >= 15 is 0 Å². The number of hydrogen-bond donors (Lipinski definition) is 1. The Morgan fingerprint density at radius 3 is 2.35 bits per heavy atom. The summed E-state index contributed by atoms with van der Waals surface area (Å²) in [7, 11) is -3.37. The lowest BCUT2D eigenvalue weighted by Crippen LogP contribution is -2.50. The van der Waals surface area contributed by atoms with Crippen LogP contribution >= 0.6 is 0 Å². The topological polar surface area (TPSA) is 79.0 Å². The molecule has 7 nitrogen and oxygen atoms in total.